The molecule has 41 heavy (non-hydrogen) atoms. The molecule has 6 rings (SSSR count). The molecule has 2 atom stereocenters. The standard InChI is InChI=1S/C32H40N6O2S/c1-20-7-10-23(15-24(20)18-36-19-25-5-4-14-37(25)32-29(41-36)6-3-13-35-32)27(16-30(39)40)26-11-12-28(31(33)21(26)2)38(34)17-22-8-9-22/h3,6-7,10-13,15,22,25,27H,4-5,8-9,14,16-19,33-34H2,1-2H3,(H,39,40). The second-order valence-electron chi connectivity index (χ2n) is 11.9. The number of hydrogen-bond acceptors (Lipinski definition) is 8. The van der Waals surface area contributed by atoms with Crippen LogP contribution in [0.25, 0.3) is 0 Å². The van der Waals surface area contributed by atoms with Crippen LogP contribution in [0.3, 0.4) is 0 Å². The fourth-order valence-corrected chi connectivity index (χ4v) is 7.49. The lowest BCUT2D eigenvalue weighted by Crippen LogP contribution is -2.36. The Morgan fingerprint density at radius 1 is 1.20 bits per heavy atom. The van der Waals surface area contributed by atoms with E-state index in [1.165, 1.54) is 41.7 Å². The number of rotatable bonds is 9. The van der Waals surface area contributed by atoms with Crippen molar-refractivity contribution in [2.45, 2.75) is 69.4 Å². The first-order chi connectivity index (χ1) is 19.8. The molecule has 1 saturated carbocycles. The summed E-state index contributed by atoms with van der Waals surface area (Å²) in [6.07, 6.45) is 6.66. The van der Waals surface area contributed by atoms with Gasteiger partial charge in [0, 0.05) is 44.3 Å². The first-order valence-electron chi connectivity index (χ1n) is 14.7. The van der Waals surface area contributed by atoms with Crippen molar-refractivity contribution in [1.29, 1.82) is 0 Å². The van der Waals surface area contributed by atoms with E-state index >= 15 is 0 Å². The molecule has 3 aromatic rings. The van der Waals surface area contributed by atoms with Crippen molar-refractivity contribution >= 4 is 35.1 Å². The van der Waals surface area contributed by atoms with Crippen molar-refractivity contribution in [1.82, 2.24) is 9.29 Å². The number of fused-ring (bicyclic) bond motifs is 3. The summed E-state index contributed by atoms with van der Waals surface area (Å²) < 4.78 is 2.45. The SMILES string of the molecule is Cc1ccc(C(CC(=O)O)c2ccc(N(N)CC3CC3)c(N)c2C)cc1CN1CC2CCCN2c2ncccc2S1. The molecular weight excluding hydrogens is 532 g/mol. The van der Waals surface area contributed by atoms with Crippen LogP contribution < -0.4 is 21.5 Å². The molecule has 2 fully saturated rings. The summed E-state index contributed by atoms with van der Waals surface area (Å²) in [5, 5.41) is 11.7. The minimum absolute atomic E-state index is 0.00885. The molecule has 3 heterocycles. The molecular formula is C32H40N6O2S. The van der Waals surface area contributed by atoms with Gasteiger partial charge < -0.3 is 20.7 Å². The Labute approximate surface area is 246 Å². The van der Waals surface area contributed by atoms with Gasteiger partial charge in [-0.15, -0.1) is 0 Å². The van der Waals surface area contributed by atoms with E-state index in [2.05, 4.69) is 40.4 Å². The third-order valence-corrected chi connectivity index (χ3v) is 9.97. The Morgan fingerprint density at radius 2 is 2.02 bits per heavy atom. The third-order valence-electron chi connectivity index (χ3n) is 8.91. The third kappa shape index (κ3) is 5.89. The van der Waals surface area contributed by atoms with Crippen LogP contribution in [0, 0.1) is 19.8 Å². The zero-order valence-electron chi connectivity index (χ0n) is 23.9. The van der Waals surface area contributed by atoms with Crippen LogP contribution in [-0.4, -0.2) is 46.0 Å². The number of aryl methyl sites for hydroxylation is 1. The normalized spacial score (nSPS) is 19.4. The largest absolute Gasteiger partial charge is 0.481 e. The van der Waals surface area contributed by atoms with Crippen molar-refractivity contribution in [2.75, 3.05) is 35.3 Å². The van der Waals surface area contributed by atoms with Gasteiger partial charge in [0.05, 0.1) is 22.7 Å². The van der Waals surface area contributed by atoms with Crippen LogP contribution in [0.4, 0.5) is 17.2 Å². The molecule has 5 N–H and O–H groups in total. The van der Waals surface area contributed by atoms with E-state index in [4.69, 9.17) is 16.6 Å². The van der Waals surface area contributed by atoms with E-state index in [0.29, 0.717) is 17.6 Å². The first-order valence-corrected chi connectivity index (χ1v) is 15.4. The molecule has 0 amide bonds. The van der Waals surface area contributed by atoms with Crippen LogP contribution in [0.2, 0.25) is 0 Å². The van der Waals surface area contributed by atoms with Gasteiger partial charge in [0.2, 0.25) is 0 Å². The smallest absolute Gasteiger partial charge is 0.304 e. The summed E-state index contributed by atoms with van der Waals surface area (Å²) in [6.45, 7) is 7.69. The maximum Gasteiger partial charge on any atom is 0.304 e. The summed E-state index contributed by atoms with van der Waals surface area (Å²) in [4.78, 5) is 20.5. The number of benzene rings is 2. The fourth-order valence-electron chi connectivity index (χ4n) is 6.37. The zero-order valence-corrected chi connectivity index (χ0v) is 24.7. The Morgan fingerprint density at radius 3 is 2.80 bits per heavy atom. The van der Waals surface area contributed by atoms with E-state index in [9.17, 15) is 9.90 Å². The van der Waals surface area contributed by atoms with E-state index in [1.54, 1.807) is 17.0 Å². The number of nitrogen functional groups attached to an aromatic ring is 1. The number of aliphatic carboxylic acids is 1. The number of hydrogen-bond donors (Lipinski definition) is 3. The summed E-state index contributed by atoms with van der Waals surface area (Å²) in [6, 6.07) is 15.0. The predicted octanol–water partition coefficient (Wildman–Crippen LogP) is 5.47. The Kier molecular flexibility index (Phi) is 7.85. The number of carbonyl (C=O) groups is 1. The van der Waals surface area contributed by atoms with Crippen LogP contribution >= 0.6 is 11.9 Å². The van der Waals surface area contributed by atoms with Crippen LogP contribution in [0.5, 0.6) is 0 Å². The summed E-state index contributed by atoms with van der Waals surface area (Å²) in [5.41, 5.74) is 13.3. The number of carboxylic acids is 1. The highest BCUT2D eigenvalue weighted by Gasteiger charge is 2.33. The van der Waals surface area contributed by atoms with Crippen LogP contribution in [-0.2, 0) is 11.3 Å². The molecule has 1 aliphatic carbocycles. The predicted molar refractivity (Wildman–Crippen MR) is 166 cm³/mol. The number of hydrazine groups is 1. The van der Waals surface area contributed by atoms with E-state index in [1.807, 2.05) is 31.3 Å². The summed E-state index contributed by atoms with van der Waals surface area (Å²) in [7, 11) is 0. The van der Waals surface area contributed by atoms with Gasteiger partial charge in [-0.25, -0.2) is 15.1 Å². The van der Waals surface area contributed by atoms with Gasteiger partial charge in [0.15, 0.2) is 0 Å². The van der Waals surface area contributed by atoms with Gasteiger partial charge in [-0.1, -0.05) is 24.3 Å². The van der Waals surface area contributed by atoms with Crippen molar-refractivity contribution in [3.05, 3.63) is 76.5 Å². The van der Waals surface area contributed by atoms with E-state index < -0.39 is 5.97 Å². The average Bonchev–Trinajstić information content (AvgIpc) is 3.67. The molecule has 2 unspecified atom stereocenters. The molecule has 2 aliphatic heterocycles. The van der Waals surface area contributed by atoms with Gasteiger partial charge in [0.25, 0.3) is 0 Å². The number of pyridine rings is 1. The Hall–Kier alpha value is -3.27. The quantitative estimate of drug-likeness (QED) is 0.133. The molecule has 1 saturated heterocycles. The lowest BCUT2D eigenvalue weighted by molar-refractivity contribution is -0.137. The van der Waals surface area contributed by atoms with Crippen molar-refractivity contribution in [3.8, 4) is 0 Å². The highest BCUT2D eigenvalue weighted by Crippen LogP contribution is 2.41. The van der Waals surface area contributed by atoms with Gasteiger partial charge in [-0.3, -0.25) is 4.79 Å². The number of nitrogens with two attached hydrogens (primary N) is 2. The first kappa shape index (κ1) is 27.9. The molecule has 9 heteroatoms. The molecule has 216 valence electrons. The van der Waals surface area contributed by atoms with Crippen molar-refractivity contribution in [3.63, 3.8) is 0 Å². The fraction of sp³-hybridized carbons (Fsp3) is 0.438. The lowest BCUT2D eigenvalue weighted by Gasteiger charge is -2.27. The van der Waals surface area contributed by atoms with Crippen LogP contribution in [0.15, 0.2) is 53.6 Å². The maximum absolute atomic E-state index is 12.1. The summed E-state index contributed by atoms with van der Waals surface area (Å²) >= 11 is 1.78. The minimum atomic E-state index is -0.832. The Balaban J connectivity index is 1.30. The number of aromatic nitrogens is 1. The highest BCUT2D eigenvalue weighted by molar-refractivity contribution is 7.97. The summed E-state index contributed by atoms with van der Waals surface area (Å²) in [5.74, 6) is 6.95. The Bertz CT molecular complexity index is 1440. The van der Waals surface area contributed by atoms with Crippen molar-refractivity contribution < 1.29 is 9.90 Å². The maximum atomic E-state index is 12.1. The number of anilines is 3. The average molecular weight is 573 g/mol. The molecule has 8 nitrogen and oxygen atoms in total. The van der Waals surface area contributed by atoms with Gasteiger partial charge in [-0.2, -0.15) is 0 Å². The second kappa shape index (κ2) is 11.5. The van der Waals surface area contributed by atoms with Gasteiger partial charge in [-0.05, 0) is 103 Å². The highest BCUT2D eigenvalue weighted by atomic mass is 32.2. The molecule has 0 radical (unpaired) electrons. The molecule has 3 aliphatic rings. The number of carboxylic acid groups (broad SMARTS) is 1. The van der Waals surface area contributed by atoms with E-state index in [-0.39, 0.29) is 12.3 Å². The second-order valence-corrected chi connectivity index (χ2v) is 13.0. The topological polar surface area (TPSA) is 112 Å². The lowest BCUT2D eigenvalue weighted by atomic mass is 9.84. The molecule has 0 spiro atoms. The minimum Gasteiger partial charge on any atom is -0.481 e. The number of nitrogens with zero attached hydrogens (tertiary/aromatic N) is 4. The van der Waals surface area contributed by atoms with E-state index in [0.717, 1.165) is 54.4 Å². The zero-order chi connectivity index (χ0) is 28.7. The molecule has 0 bridgehead atoms. The van der Waals surface area contributed by atoms with Gasteiger partial charge >= 0.3 is 5.97 Å². The molecule has 1 aromatic heterocycles. The van der Waals surface area contributed by atoms with Crippen LogP contribution in [0.1, 0.15) is 65.8 Å². The molecule has 2 aromatic carbocycles. The van der Waals surface area contributed by atoms with Gasteiger partial charge in [0.1, 0.15) is 5.82 Å². The monoisotopic (exact) mass is 572 g/mol. The van der Waals surface area contributed by atoms with Crippen molar-refractivity contribution in [2.24, 2.45) is 11.8 Å².